The Morgan fingerprint density at radius 3 is 2.88 bits per heavy atom. The lowest BCUT2D eigenvalue weighted by molar-refractivity contribution is -0.115. The van der Waals surface area contributed by atoms with Crippen LogP contribution in [-0.2, 0) is 9.53 Å². The van der Waals surface area contributed by atoms with E-state index < -0.39 is 0 Å². The molecule has 0 saturated heterocycles. The third-order valence-corrected chi connectivity index (χ3v) is 3.80. The third kappa shape index (κ3) is 2.76. The maximum atomic E-state index is 11.5. The summed E-state index contributed by atoms with van der Waals surface area (Å²) in [5.74, 6) is 3.51. The molecule has 16 heavy (non-hydrogen) atoms. The molecule has 3 unspecified atom stereocenters. The Bertz CT molecular complexity index is 316. The maximum absolute atomic E-state index is 11.5. The van der Waals surface area contributed by atoms with E-state index in [4.69, 9.17) is 10.5 Å². The van der Waals surface area contributed by atoms with Gasteiger partial charge in [-0.25, -0.2) is 0 Å². The van der Waals surface area contributed by atoms with E-state index in [-0.39, 0.29) is 11.2 Å². The number of carbonyl (C=O) groups excluding carboxylic acids is 1. The molecule has 0 aliphatic heterocycles. The number of carbonyl (C=O) groups is 1. The number of Topliss-reactive ketones (excluding diaryl/α,β-unsaturated/α-hetero) is 1. The molecule has 90 valence electrons. The molecule has 3 heteroatoms. The molecular weight excluding hydrogens is 202 g/mol. The van der Waals surface area contributed by atoms with Crippen molar-refractivity contribution in [2.75, 3.05) is 13.7 Å². The van der Waals surface area contributed by atoms with E-state index in [1.807, 2.05) is 0 Å². The lowest BCUT2D eigenvalue weighted by Gasteiger charge is -2.16. The Kier molecular flexibility index (Phi) is 4.37. The Morgan fingerprint density at radius 2 is 2.38 bits per heavy atom. The van der Waals surface area contributed by atoms with E-state index in [1.54, 1.807) is 7.11 Å². The van der Waals surface area contributed by atoms with Gasteiger partial charge in [0, 0.05) is 26.2 Å². The van der Waals surface area contributed by atoms with Crippen molar-refractivity contribution in [3.05, 3.63) is 0 Å². The molecule has 3 nitrogen and oxygen atoms in total. The second-order valence-electron chi connectivity index (χ2n) is 4.83. The van der Waals surface area contributed by atoms with Gasteiger partial charge in [0.25, 0.3) is 0 Å². The molecule has 0 amide bonds. The number of ketones is 1. The van der Waals surface area contributed by atoms with Crippen molar-refractivity contribution in [1.29, 1.82) is 0 Å². The van der Waals surface area contributed by atoms with Gasteiger partial charge in [-0.2, -0.15) is 0 Å². The summed E-state index contributed by atoms with van der Waals surface area (Å²) in [6.45, 7) is 5.09. The van der Waals surface area contributed by atoms with E-state index in [9.17, 15) is 4.79 Å². The first-order chi connectivity index (χ1) is 7.59. The zero-order valence-electron chi connectivity index (χ0n) is 10.4. The van der Waals surface area contributed by atoms with Crippen LogP contribution in [0.1, 0.15) is 33.1 Å². The average Bonchev–Trinajstić information content (AvgIpc) is 2.94. The molecule has 0 radical (unpaired) electrons. The lowest BCUT2D eigenvalue weighted by atomic mass is 9.89. The summed E-state index contributed by atoms with van der Waals surface area (Å²) < 4.78 is 5.16. The minimum atomic E-state index is -0.0310. The summed E-state index contributed by atoms with van der Waals surface area (Å²) >= 11 is 0. The Morgan fingerprint density at radius 1 is 1.69 bits per heavy atom. The molecule has 3 atom stereocenters. The highest BCUT2D eigenvalue weighted by molar-refractivity contribution is 5.96. The van der Waals surface area contributed by atoms with Crippen molar-refractivity contribution in [3.63, 3.8) is 0 Å². The standard InChI is InChI=1S/C13H21NO2/c1-4-13(7-11(15)5-6-14)8-12(13)10(2)9-16-3/h10,12H,4,7-9,14H2,1-3H3. The van der Waals surface area contributed by atoms with Crippen molar-refractivity contribution in [1.82, 2.24) is 0 Å². The molecule has 1 fully saturated rings. The zero-order chi connectivity index (χ0) is 12.2. The van der Waals surface area contributed by atoms with Crippen molar-refractivity contribution < 1.29 is 9.53 Å². The highest BCUT2D eigenvalue weighted by Crippen LogP contribution is 2.61. The first kappa shape index (κ1) is 13.1. The number of ether oxygens (including phenoxy) is 1. The van der Waals surface area contributed by atoms with Crippen LogP contribution in [0.5, 0.6) is 0 Å². The lowest BCUT2D eigenvalue weighted by Crippen LogP contribution is -2.16. The molecule has 0 spiro atoms. The summed E-state index contributed by atoms with van der Waals surface area (Å²) in [5.41, 5.74) is 5.22. The molecule has 0 aromatic heterocycles. The second kappa shape index (κ2) is 5.36. The normalized spacial score (nSPS) is 29.1. The Balaban J connectivity index is 2.55. The van der Waals surface area contributed by atoms with Crippen LogP contribution in [0.3, 0.4) is 0 Å². The van der Waals surface area contributed by atoms with E-state index in [1.165, 1.54) is 0 Å². The molecule has 1 saturated carbocycles. The van der Waals surface area contributed by atoms with Gasteiger partial charge in [-0.1, -0.05) is 13.8 Å². The molecule has 0 aromatic rings. The monoisotopic (exact) mass is 223 g/mol. The highest BCUT2D eigenvalue weighted by atomic mass is 16.5. The molecule has 1 rings (SSSR count). The average molecular weight is 223 g/mol. The molecular formula is C13H21NO2. The topological polar surface area (TPSA) is 52.3 Å². The van der Waals surface area contributed by atoms with Gasteiger partial charge in [-0.15, -0.1) is 0 Å². The molecule has 1 aliphatic rings. The number of nitrogens with two attached hydrogens (primary N) is 1. The van der Waals surface area contributed by atoms with E-state index in [0.29, 0.717) is 18.3 Å². The fraction of sp³-hybridized carbons (Fsp3) is 0.769. The summed E-state index contributed by atoms with van der Waals surface area (Å²) in [7, 11) is 1.72. The number of hydrogen-bond donors (Lipinski definition) is 1. The van der Waals surface area contributed by atoms with Gasteiger partial charge < -0.3 is 10.5 Å². The zero-order valence-corrected chi connectivity index (χ0v) is 10.4. The first-order valence-corrected chi connectivity index (χ1v) is 5.83. The molecule has 2 N–H and O–H groups in total. The smallest absolute Gasteiger partial charge is 0.207 e. The minimum absolute atomic E-state index is 0.0310. The van der Waals surface area contributed by atoms with Gasteiger partial charge in [0.15, 0.2) is 0 Å². The second-order valence-corrected chi connectivity index (χ2v) is 4.83. The largest absolute Gasteiger partial charge is 0.384 e. The van der Waals surface area contributed by atoms with Crippen LogP contribution in [0.2, 0.25) is 0 Å². The fourth-order valence-electron chi connectivity index (χ4n) is 2.74. The van der Waals surface area contributed by atoms with Crippen molar-refractivity contribution >= 4 is 5.78 Å². The Hall–Kier alpha value is -1.01. The maximum Gasteiger partial charge on any atom is 0.207 e. The number of methoxy groups -OCH3 is 1. The predicted octanol–water partition coefficient (Wildman–Crippen LogP) is 1.56. The summed E-state index contributed by atoms with van der Waals surface area (Å²) in [5, 5.41) is 0. The van der Waals surface area contributed by atoms with Crippen LogP contribution >= 0.6 is 0 Å². The van der Waals surface area contributed by atoms with Crippen LogP contribution in [0.4, 0.5) is 0 Å². The summed E-state index contributed by atoms with van der Waals surface area (Å²) in [6.07, 6.45) is 2.70. The quantitative estimate of drug-likeness (QED) is 0.549. The molecule has 0 bridgehead atoms. The summed E-state index contributed by atoms with van der Waals surface area (Å²) in [4.78, 5) is 11.5. The van der Waals surface area contributed by atoms with Gasteiger partial charge in [0.05, 0.1) is 0 Å². The van der Waals surface area contributed by atoms with Crippen LogP contribution in [-0.4, -0.2) is 19.5 Å². The Labute approximate surface area is 97.7 Å². The van der Waals surface area contributed by atoms with E-state index >= 15 is 0 Å². The molecule has 1 aliphatic carbocycles. The molecule has 0 aromatic carbocycles. The van der Waals surface area contributed by atoms with Gasteiger partial charge >= 0.3 is 0 Å². The third-order valence-electron chi connectivity index (χ3n) is 3.80. The first-order valence-electron chi connectivity index (χ1n) is 5.83. The van der Waals surface area contributed by atoms with Crippen LogP contribution in [0.25, 0.3) is 0 Å². The van der Waals surface area contributed by atoms with E-state index in [2.05, 4.69) is 25.8 Å². The fourth-order valence-corrected chi connectivity index (χ4v) is 2.74. The highest BCUT2D eigenvalue weighted by Gasteiger charge is 2.55. The van der Waals surface area contributed by atoms with Crippen LogP contribution < -0.4 is 5.73 Å². The SMILES string of the molecule is CCC1(CC(=O)C#CN)CC1C(C)COC. The minimum Gasteiger partial charge on any atom is -0.384 e. The van der Waals surface area contributed by atoms with Crippen LogP contribution in [0.15, 0.2) is 0 Å². The van der Waals surface area contributed by atoms with Crippen LogP contribution in [0, 0.1) is 29.2 Å². The van der Waals surface area contributed by atoms with Gasteiger partial charge in [0.2, 0.25) is 5.78 Å². The molecule has 0 heterocycles. The van der Waals surface area contributed by atoms with Crippen molar-refractivity contribution in [2.24, 2.45) is 23.0 Å². The predicted molar refractivity (Wildman–Crippen MR) is 63.5 cm³/mol. The van der Waals surface area contributed by atoms with Gasteiger partial charge in [-0.3, -0.25) is 4.79 Å². The van der Waals surface area contributed by atoms with Crippen molar-refractivity contribution in [3.8, 4) is 12.0 Å². The summed E-state index contributed by atoms with van der Waals surface area (Å²) in [6, 6.07) is 2.19. The number of hydrogen-bond acceptors (Lipinski definition) is 3. The van der Waals surface area contributed by atoms with E-state index in [0.717, 1.165) is 19.4 Å². The van der Waals surface area contributed by atoms with Crippen molar-refractivity contribution in [2.45, 2.75) is 33.1 Å². The van der Waals surface area contributed by atoms with Gasteiger partial charge in [0.1, 0.15) is 0 Å². The number of rotatable bonds is 6. The van der Waals surface area contributed by atoms with Gasteiger partial charge in [-0.05, 0) is 36.0 Å².